The highest BCUT2D eigenvalue weighted by atomic mass is 16.5. The van der Waals surface area contributed by atoms with Crippen molar-refractivity contribution in [2.75, 3.05) is 13.2 Å². The highest BCUT2D eigenvalue weighted by Crippen LogP contribution is 2.14. The van der Waals surface area contributed by atoms with Crippen LogP contribution in [0.5, 0.6) is 5.75 Å². The number of hydrogen-bond acceptors (Lipinski definition) is 2. The lowest BCUT2D eigenvalue weighted by Crippen LogP contribution is -1.98. The van der Waals surface area contributed by atoms with Gasteiger partial charge < -0.3 is 9.84 Å². The summed E-state index contributed by atoms with van der Waals surface area (Å²) in [6.45, 7) is 3.07. The minimum atomic E-state index is 0.280. The zero-order chi connectivity index (χ0) is 11.6. The van der Waals surface area contributed by atoms with Gasteiger partial charge in [0.2, 0.25) is 0 Å². The van der Waals surface area contributed by atoms with Gasteiger partial charge in [-0.15, -0.1) is 0 Å². The molecule has 2 heteroatoms. The van der Waals surface area contributed by atoms with E-state index in [0.29, 0.717) is 0 Å². The van der Waals surface area contributed by atoms with Crippen LogP contribution in [0.15, 0.2) is 24.3 Å². The fraction of sp³-hybridized carbons (Fsp3) is 0.500. The Labute approximate surface area is 98.3 Å². The molecule has 0 aliphatic heterocycles. The summed E-state index contributed by atoms with van der Waals surface area (Å²) in [5.41, 5.74) is 1.29. The van der Waals surface area contributed by atoms with Crippen LogP contribution in [-0.4, -0.2) is 18.3 Å². The van der Waals surface area contributed by atoms with Crippen molar-refractivity contribution in [1.82, 2.24) is 0 Å². The van der Waals surface area contributed by atoms with Crippen molar-refractivity contribution in [3.8, 4) is 5.75 Å². The Morgan fingerprint density at radius 1 is 1.25 bits per heavy atom. The molecule has 0 saturated carbocycles. The Morgan fingerprint density at radius 2 is 2.12 bits per heavy atom. The lowest BCUT2D eigenvalue weighted by Gasteiger charge is -2.07. The van der Waals surface area contributed by atoms with E-state index in [1.165, 1.54) is 5.56 Å². The van der Waals surface area contributed by atoms with Crippen LogP contribution in [0.3, 0.4) is 0 Å². The number of ether oxygens (including phenoxy) is 1. The molecule has 89 valence electrons. The third kappa shape index (κ3) is 5.17. The average Bonchev–Trinajstić information content (AvgIpc) is 2.30. The van der Waals surface area contributed by atoms with Crippen LogP contribution in [0, 0.1) is 6.42 Å². The molecule has 1 rings (SSSR count). The third-order valence-electron chi connectivity index (χ3n) is 2.41. The topological polar surface area (TPSA) is 29.5 Å². The first kappa shape index (κ1) is 13.0. The van der Waals surface area contributed by atoms with E-state index >= 15 is 0 Å². The minimum absolute atomic E-state index is 0.280. The van der Waals surface area contributed by atoms with Gasteiger partial charge in [0, 0.05) is 6.61 Å². The van der Waals surface area contributed by atoms with Crippen LogP contribution in [0.4, 0.5) is 0 Å². The molecular formula is C14H21O2. The van der Waals surface area contributed by atoms with Crippen molar-refractivity contribution in [3.63, 3.8) is 0 Å². The van der Waals surface area contributed by atoms with Gasteiger partial charge in [0.15, 0.2) is 0 Å². The normalized spacial score (nSPS) is 10.4. The maximum Gasteiger partial charge on any atom is 0.119 e. The fourth-order valence-electron chi connectivity index (χ4n) is 1.58. The summed E-state index contributed by atoms with van der Waals surface area (Å²) in [7, 11) is 0. The number of hydrogen-bond donors (Lipinski definition) is 1. The van der Waals surface area contributed by atoms with Crippen LogP contribution >= 0.6 is 0 Å². The molecule has 1 radical (unpaired) electrons. The summed E-state index contributed by atoms with van der Waals surface area (Å²) in [5, 5.41) is 8.63. The van der Waals surface area contributed by atoms with Gasteiger partial charge >= 0.3 is 0 Å². The number of aliphatic hydroxyl groups excluding tert-OH is 1. The Hall–Kier alpha value is -1.02. The molecule has 0 bridgehead atoms. The van der Waals surface area contributed by atoms with Gasteiger partial charge in [-0.2, -0.15) is 0 Å². The highest BCUT2D eigenvalue weighted by molar-refractivity contribution is 5.29. The molecule has 0 aromatic heterocycles. The molecule has 16 heavy (non-hydrogen) atoms. The molecule has 0 aliphatic rings. The van der Waals surface area contributed by atoms with Crippen LogP contribution in [0.25, 0.3) is 0 Å². The maximum absolute atomic E-state index is 8.63. The summed E-state index contributed by atoms with van der Waals surface area (Å²) in [6.07, 6.45) is 6.03. The Kier molecular flexibility index (Phi) is 6.66. The van der Waals surface area contributed by atoms with Gasteiger partial charge in [-0.25, -0.2) is 0 Å². The molecule has 0 heterocycles. The predicted molar refractivity (Wildman–Crippen MR) is 66.6 cm³/mol. The monoisotopic (exact) mass is 221 g/mol. The van der Waals surface area contributed by atoms with E-state index in [2.05, 4.69) is 25.5 Å². The largest absolute Gasteiger partial charge is 0.494 e. The van der Waals surface area contributed by atoms with Crippen molar-refractivity contribution >= 4 is 0 Å². The third-order valence-corrected chi connectivity index (χ3v) is 2.41. The first-order valence-corrected chi connectivity index (χ1v) is 5.97. The first-order chi connectivity index (χ1) is 7.86. The minimum Gasteiger partial charge on any atom is -0.494 e. The molecule has 0 atom stereocenters. The van der Waals surface area contributed by atoms with Crippen molar-refractivity contribution < 1.29 is 9.84 Å². The van der Waals surface area contributed by atoms with Gasteiger partial charge in [-0.1, -0.05) is 19.1 Å². The Balaban J connectivity index is 2.27. The van der Waals surface area contributed by atoms with E-state index in [4.69, 9.17) is 9.84 Å². The first-order valence-electron chi connectivity index (χ1n) is 5.97. The van der Waals surface area contributed by atoms with Crippen molar-refractivity contribution in [2.24, 2.45) is 0 Å². The van der Waals surface area contributed by atoms with Gasteiger partial charge in [0.25, 0.3) is 0 Å². The second-order valence-corrected chi connectivity index (χ2v) is 3.89. The Morgan fingerprint density at radius 3 is 2.88 bits per heavy atom. The van der Waals surface area contributed by atoms with Gasteiger partial charge in [0.1, 0.15) is 5.75 Å². The van der Waals surface area contributed by atoms with Gasteiger partial charge in [-0.3, -0.25) is 0 Å². The van der Waals surface area contributed by atoms with Crippen molar-refractivity contribution in [1.29, 1.82) is 0 Å². The molecular weight excluding hydrogens is 200 g/mol. The quantitative estimate of drug-likeness (QED) is 0.684. The van der Waals surface area contributed by atoms with Gasteiger partial charge in [0.05, 0.1) is 6.61 Å². The molecule has 2 nitrogen and oxygen atoms in total. The molecule has 1 aromatic rings. The maximum atomic E-state index is 8.63. The predicted octanol–water partition coefficient (Wildman–Crippen LogP) is 2.99. The smallest absolute Gasteiger partial charge is 0.119 e. The number of benzene rings is 1. The van der Waals surface area contributed by atoms with Crippen molar-refractivity contribution in [2.45, 2.75) is 32.6 Å². The van der Waals surface area contributed by atoms with E-state index in [1.54, 1.807) is 0 Å². The zero-order valence-electron chi connectivity index (χ0n) is 9.98. The number of rotatable bonds is 8. The molecule has 1 aromatic carbocycles. The second kappa shape index (κ2) is 8.17. The molecule has 0 spiro atoms. The van der Waals surface area contributed by atoms with Crippen LogP contribution in [-0.2, 0) is 6.42 Å². The SMILES string of the molecule is C[CH]Cc1cccc(OCCCCCO)c1. The summed E-state index contributed by atoms with van der Waals surface area (Å²) in [6, 6.07) is 8.22. The lowest BCUT2D eigenvalue weighted by molar-refractivity contribution is 0.266. The van der Waals surface area contributed by atoms with E-state index < -0.39 is 0 Å². The van der Waals surface area contributed by atoms with E-state index in [1.807, 2.05) is 12.1 Å². The molecule has 0 fully saturated rings. The summed E-state index contributed by atoms with van der Waals surface area (Å²) >= 11 is 0. The molecule has 0 unspecified atom stereocenters. The second-order valence-electron chi connectivity index (χ2n) is 3.89. The summed E-state index contributed by atoms with van der Waals surface area (Å²) < 4.78 is 5.64. The molecule has 0 amide bonds. The zero-order valence-corrected chi connectivity index (χ0v) is 9.98. The summed E-state index contributed by atoms with van der Waals surface area (Å²) in [5.74, 6) is 0.948. The Bertz CT molecular complexity index is 284. The highest BCUT2D eigenvalue weighted by Gasteiger charge is 1.96. The number of unbranched alkanes of at least 4 members (excludes halogenated alkanes) is 2. The molecule has 1 N–H and O–H groups in total. The van der Waals surface area contributed by atoms with Crippen molar-refractivity contribution in [3.05, 3.63) is 36.2 Å². The van der Waals surface area contributed by atoms with Crippen LogP contribution < -0.4 is 4.74 Å². The van der Waals surface area contributed by atoms with Crippen LogP contribution in [0.2, 0.25) is 0 Å². The fourth-order valence-corrected chi connectivity index (χ4v) is 1.58. The van der Waals surface area contributed by atoms with Crippen LogP contribution in [0.1, 0.15) is 31.7 Å². The number of aliphatic hydroxyl groups is 1. The van der Waals surface area contributed by atoms with E-state index in [9.17, 15) is 0 Å². The molecule has 0 saturated heterocycles. The summed E-state index contributed by atoms with van der Waals surface area (Å²) in [4.78, 5) is 0. The average molecular weight is 221 g/mol. The lowest BCUT2D eigenvalue weighted by atomic mass is 10.1. The van der Waals surface area contributed by atoms with E-state index in [0.717, 1.165) is 38.0 Å². The van der Waals surface area contributed by atoms with Gasteiger partial charge in [-0.05, 0) is 49.8 Å². The van der Waals surface area contributed by atoms with E-state index in [-0.39, 0.29) is 6.61 Å². The molecule has 0 aliphatic carbocycles. The standard InChI is InChI=1S/C14H21O2/c1-2-7-13-8-6-9-14(12-13)16-11-5-3-4-10-15/h2,6,8-9,12,15H,3-5,7,10-11H2,1H3.